The van der Waals surface area contributed by atoms with Gasteiger partial charge in [-0.15, -0.1) is 0 Å². The molecular formula is C36H46N8O4. The molecule has 254 valence electrons. The van der Waals surface area contributed by atoms with Crippen molar-refractivity contribution >= 4 is 34.3 Å². The summed E-state index contributed by atoms with van der Waals surface area (Å²) in [5.74, 6) is 0.900. The second kappa shape index (κ2) is 15.0. The van der Waals surface area contributed by atoms with E-state index in [0.29, 0.717) is 69.3 Å². The number of amides is 3. The van der Waals surface area contributed by atoms with Crippen molar-refractivity contribution in [3.63, 3.8) is 0 Å². The highest BCUT2D eigenvalue weighted by atomic mass is 16.5. The Balaban J connectivity index is 1.26. The molecule has 1 fully saturated rings. The summed E-state index contributed by atoms with van der Waals surface area (Å²) in [4.78, 5) is 53.3. The number of hydrogen-bond acceptors (Lipinski definition) is 7. The van der Waals surface area contributed by atoms with E-state index in [2.05, 4.69) is 39.5 Å². The molecule has 0 spiro atoms. The van der Waals surface area contributed by atoms with Crippen LogP contribution in [0.5, 0.6) is 0 Å². The van der Waals surface area contributed by atoms with E-state index >= 15 is 0 Å². The Labute approximate surface area is 281 Å². The first kappa shape index (κ1) is 33.2. The van der Waals surface area contributed by atoms with Gasteiger partial charge in [-0.25, -0.2) is 9.67 Å². The van der Waals surface area contributed by atoms with Crippen LogP contribution in [-0.2, 0) is 27.3 Å². The maximum atomic E-state index is 14.0. The summed E-state index contributed by atoms with van der Waals surface area (Å²) in [7, 11) is 0. The molecule has 4 aromatic rings. The molecular weight excluding hydrogens is 608 g/mol. The number of aryl methyl sites for hydroxylation is 1. The van der Waals surface area contributed by atoms with Gasteiger partial charge in [0.15, 0.2) is 0 Å². The van der Waals surface area contributed by atoms with Crippen molar-refractivity contribution < 1.29 is 19.1 Å². The van der Waals surface area contributed by atoms with Crippen molar-refractivity contribution in [3.8, 4) is 0 Å². The number of rotatable bonds is 6. The fraction of sp³-hybridized carbons (Fsp3) is 0.472. The van der Waals surface area contributed by atoms with Gasteiger partial charge in [0.2, 0.25) is 11.8 Å². The summed E-state index contributed by atoms with van der Waals surface area (Å²) in [5, 5.41) is 11.9. The van der Waals surface area contributed by atoms with Gasteiger partial charge in [0.05, 0.1) is 25.8 Å². The predicted octanol–water partition coefficient (Wildman–Crippen LogP) is 3.77. The molecule has 12 heteroatoms. The molecule has 0 radical (unpaired) electrons. The van der Waals surface area contributed by atoms with Crippen LogP contribution in [0.15, 0.2) is 54.7 Å². The highest BCUT2D eigenvalue weighted by Gasteiger charge is 2.29. The van der Waals surface area contributed by atoms with E-state index in [9.17, 15) is 14.4 Å². The van der Waals surface area contributed by atoms with Crippen LogP contribution in [0.1, 0.15) is 66.7 Å². The molecule has 0 unspecified atom stereocenters. The molecule has 3 N–H and O–H groups in total. The molecule has 0 aliphatic carbocycles. The first-order valence-corrected chi connectivity index (χ1v) is 17.0. The third-order valence-electron chi connectivity index (χ3n) is 9.08. The first-order chi connectivity index (χ1) is 23.2. The molecule has 6 rings (SSSR count). The number of benzene rings is 2. The second-order valence-corrected chi connectivity index (χ2v) is 13.2. The topological polar surface area (TPSA) is 137 Å². The van der Waals surface area contributed by atoms with Gasteiger partial charge in [-0.3, -0.25) is 14.4 Å². The molecule has 2 aliphatic heterocycles. The number of fused-ring (bicyclic) bond motifs is 2. The number of hydrogen-bond donors (Lipinski definition) is 3. The Morgan fingerprint density at radius 2 is 1.73 bits per heavy atom. The van der Waals surface area contributed by atoms with E-state index < -0.39 is 12.1 Å². The smallest absolute Gasteiger partial charge is 0.253 e. The van der Waals surface area contributed by atoms with Crippen LogP contribution in [0.3, 0.4) is 0 Å². The van der Waals surface area contributed by atoms with Gasteiger partial charge < -0.3 is 30.2 Å². The quantitative estimate of drug-likeness (QED) is 0.288. The Morgan fingerprint density at radius 3 is 2.50 bits per heavy atom. The van der Waals surface area contributed by atoms with E-state index in [0.717, 1.165) is 35.2 Å². The van der Waals surface area contributed by atoms with Gasteiger partial charge in [0.25, 0.3) is 5.91 Å². The van der Waals surface area contributed by atoms with Crippen molar-refractivity contribution in [1.29, 1.82) is 0 Å². The minimum absolute atomic E-state index is 0.0985. The normalized spacial score (nSPS) is 19.9. The van der Waals surface area contributed by atoms with Gasteiger partial charge in [-0.2, -0.15) is 5.10 Å². The predicted molar refractivity (Wildman–Crippen MR) is 184 cm³/mol. The van der Waals surface area contributed by atoms with Crippen molar-refractivity contribution in [2.45, 2.75) is 65.1 Å². The molecule has 48 heavy (non-hydrogen) atoms. The summed E-state index contributed by atoms with van der Waals surface area (Å²) in [6, 6.07) is 14.4. The number of aromatic amines is 1. The highest BCUT2D eigenvalue weighted by Crippen LogP contribution is 2.24. The molecule has 0 saturated carbocycles. The molecule has 0 bridgehead atoms. The van der Waals surface area contributed by atoms with E-state index in [1.165, 1.54) is 0 Å². The van der Waals surface area contributed by atoms with Gasteiger partial charge in [-0.1, -0.05) is 32.0 Å². The largest absolute Gasteiger partial charge is 0.378 e. The molecule has 3 amide bonds. The number of ether oxygens (including phenoxy) is 1. The summed E-state index contributed by atoms with van der Waals surface area (Å²) >= 11 is 0. The van der Waals surface area contributed by atoms with E-state index in [1.54, 1.807) is 4.90 Å². The van der Waals surface area contributed by atoms with Crippen LogP contribution >= 0.6 is 0 Å². The number of anilines is 1. The van der Waals surface area contributed by atoms with E-state index in [4.69, 9.17) is 9.72 Å². The lowest BCUT2D eigenvalue weighted by atomic mass is 10.0. The zero-order valence-corrected chi connectivity index (χ0v) is 28.1. The van der Waals surface area contributed by atoms with Gasteiger partial charge >= 0.3 is 0 Å². The number of aromatic nitrogens is 4. The number of morpholine rings is 1. The maximum Gasteiger partial charge on any atom is 0.253 e. The van der Waals surface area contributed by atoms with Crippen LogP contribution in [0.25, 0.3) is 10.9 Å². The van der Waals surface area contributed by atoms with Crippen LogP contribution in [0, 0.1) is 12.8 Å². The number of carbonyl (C=O) groups excluding carboxylic acids is 3. The van der Waals surface area contributed by atoms with Crippen molar-refractivity contribution in [2.24, 2.45) is 5.92 Å². The summed E-state index contributed by atoms with van der Waals surface area (Å²) in [6.45, 7) is 10.2. The zero-order valence-electron chi connectivity index (χ0n) is 28.1. The zero-order chi connectivity index (χ0) is 33.6. The second-order valence-electron chi connectivity index (χ2n) is 13.2. The monoisotopic (exact) mass is 654 g/mol. The minimum Gasteiger partial charge on any atom is -0.378 e. The van der Waals surface area contributed by atoms with Crippen molar-refractivity contribution in [3.05, 3.63) is 77.5 Å². The highest BCUT2D eigenvalue weighted by molar-refractivity contribution is 5.94. The summed E-state index contributed by atoms with van der Waals surface area (Å²) < 4.78 is 7.30. The first-order valence-electron chi connectivity index (χ1n) is 17.0. The number of carbonyl (C=O) groups is 3. The fourth-order valence-electron chi connectivity index (χ4n) is 6.64. The molecule has 4 heterocycles. The Morgan fingerprint density at radius 1 is 0.958 bits per heavy atom. The molecule has 2 aromatic heterocycles. The summed E-state index contributed by atoms with van der Waals surface area (Å²) in [6.07, 6.45) is 3.49. The lowest BCUT2D eigenvalue weighted by Gasteiger charge is -2.29. The average Bonchev–Trinajstić information content (AvgIpc) is 3.67. The number of H-pyrrole nitrogens is 1. The van der Waals surface area contributed by atoms with Crippen molar-refractivity contribution in [1.82, 2.24) is 35.3 Å². The Hall–Kier alpha value is -4.71. The van der Waals surface area contributed by atoms with Crippen molar-refractivity contribution in [2.75, 3.05) is 44.3 Å². The van der Waals surface area contributed by atoms with Gasteiger partial charge in [-0.05, 0) is 61.6 Å². The van der Waals surface area contributed by atoms with E-state index in [-0.39, 0.29) is 30.1 Å². The van der Waals surface area contributed by atoms with Crippen LogP contribution < -0.4 is 15.5 Å². The average molecular weight is 655 g/mol. The van der Waals surface area contributed by atoms with E-state index in [1.807, 2.05) is 66.3 Å². The van der Waals surface area contributed by atoms with Crippen LogP contribution in [0.2, 0.25) is 0 Å². The molecule has 2 atom stereocenters. The van der Waals surface area contributed by atoms with Crippen LogP contribution in [0.4, 0.5) is 5.69 Å². The third kappa shape index (κ3) is 7.87. The lowest BCUT2D eigenvalue weighted by Crippen LogP contribution is -2.49. The molecule has 12 nitrogen and oxygen atoms in total. The fourth-order valence-corrected chi connectivity index (χ4v) is 6.64. The standard InChI is InChI=1S/C36H46N8O4/c1-24(2)21-31-34-38-25(3)41-44(34)16-15-43(36(47)26-10-12-28(13-11-26)42-17-19-48-20-18-42)14-6-9-33(45)39-32(35(46)40-31)22-27-23-37-30-8-5-4-7-29(27)30/h4-5,7-8,10-13,23-24,31-32,37H,6,9,14-22H2,1-3H3,(H,39,45)(H,40,46)/t31-,32+/m0/s1. The SMILES string of the molecule is Cc1nc2n(n1)CCN(C(=O)c1ccc(N3CCOCC3)cc1)CCCC(=O)N[C@H](Cc1c[nH]c3ccccc13)C(=O)N[C@H]2CC(C)C. The Kier molecular flexibility index (Phi) is 10.4. The van der Waals surface area contributed by atoms with Gasteiger partial charge in [0, 0.05) is 67.4 Å². The Bertz CT molecular complexity index is 1720. The molecule has 2 aliphatic rings. The minimum atomic E-state index is -0.797. The number of nitrogens with one attached hydrogen (secondary N) is 3. The number of para-hydroxylation sites is 1. The third-order valence-corrected chi connectivity index (χ3v) is 9.08. The number of nitrogens with zero attached hydrogens (tertiary/aromatic N) is 5. The lowest BCUT2D eigenvalue weighted by molar-refractivity contribution is -0.129. The van der Waals surface area contributed by atoms with Crippen LogP contribution in [-0.4, -0.2) is 87.8 Å². The maximum absolute atomic E-state index is 14.0. The molecule has 1 saturated heterocycles. The molecule has 2 aromatic carbocycles. The van der Waals surface area contributed by atoms with Gasteiger partial charge in [0.1, 0.15) is 17.7 Å². The summed E-state index contributed by atoms with van der Waals surface area (Å²) in [5.41, 5.74) is 3.58.